The zero-order chi connectivity index (χ0) is 13.2. The van der Waals surface area contributed by atoms with Crippen molar-refractivity contribution in [3.05, 3.63) is 48.2 Å². The Bertz CT molecular complexity index is 700. The number of benzene rings is 1. The number of hydrogen-bond donors (Lipinski definition) is 1. The molecule has 3 aromatic rings. The molecule has 96 valence electrons. The number of nitrogens with two attached hydrogens (primary N) is 1. The molecule has 0 saturated heterocycles. The third kappa shape index (κ3) is 2.20. The lowest BCUT2D eigenvalue weighted by atomic mass is 10.1. The second kappa shape index (κ2) is 4.56. The van der Waals surface area contributed by atoms with Gasteiger partial charge in [0.25, 0.3) is 0 Å². The second-order valence-corrected chi connectivity index (χ2v) is 4.28. The van der Waals surface area contributed by atoms with E-state index in [1.54, 1.807) is 12.5 Å². The normalized spacial score (nSPS) is 10.8. The third-order valence-corrected chi connectivity index (χ3v) is 2.91. The molecule has 0 atom stereocenters. The average Bonchev–Trinajstić information content (AvgIpc) is 3.01. The fraction of sp³-hybridized carbons (Fsp3) is 0.154. The van der Waals surface area contributed by atoms with Gasteiger partial charge < -0.3 is 14.8 Å². The van der Waals surface area contributed by atoms with Crippen LogP contribution in [0, 0.1) is 0 Å². The maximum Gasteiger partial charge on any atom is 0.231 e. The zero-order valence-electron chi connectivity index (χ0n) is 10.4. The lowest BCUT2D eigenvalue weighted by molar-refractivity contribution is 0.385. The number of para-hydroxylation sites is 1. The highest BCUT2D eigenvalue weighted by molar-refractivity contribution is 5.49. The minimum Gasteiger partial charge on any atom is -0.398 e. The van der Waals surface area contributed by atoms with Crippen molar-refractivity contribution in [1.82, 2.24) is 19.7 Å². The van der Waals surface area contributed by atoms with Gasteiger partial charge in [-0.25, -0.2) is 4.98 Å². The topological polar surface area (TPSA) is 82.8 Å². The molecule has 1 aromatic carbocycles. The largest absolute Gasteiger partial charge is 0.398 e. The molecule has 3 rings (SSSR count). The van der Waals surface area contributed by atoms with Crippen molar-refractivity contribution >= 4 is 5.69 Å². The van der Waals surface area contributed by atoms with E-state index in [2.05, 4.69) is 15.1 Å². The molecule has 0 unspecified atom stereocenters. The molecular formula is C13H13N5O. The highest BCUT2D eigenvalue weighted by Crippen LogP contribution is 2.18. The number of nitrogens with zero attached hydrogens (tertiary/aromatic N) is 4. The van der Waals surface area contributed by atoms with E-state index in [0.29, 0.717) is 18.1 Å². The quantitative estimate of drug-likeness (QED) is 0.719. The minimum atomic E-state index is 0.525. The number of rotatable bonds is 3. The summed E-state index contributed by atoms with van der Waals surface area (Å²) in [6, 6.07) is 7.63. The Kier molecular flexibility index (Phi) is 2.75. The summed E-state index contributed by atoms with van der Waals surface area (Å²) in [6.45, 7) is 0. The summed E-state index contributed by atoms with van der Waals surface area (Å²) in [5.41, 5.74) is 8.41. The molecule has 0 aliphatic carbocycles. The lowest BCUT2D eigenvalue weighted by Crippen LogP contribution is -1.96. The van der Waals surface area contributed by atoms with Crippen LogP contribution in [0.1, 0.15) is 11.5 Å². The Morgan fingerprint density at radius 1 is 1.32 bits per heavy atom. The molecule has 0 radical (unpaired) electrons. The molecule has 2 N–H and O–H groups in total. The number of aryl methyl sites for hydroxylation is 1. The second-order valence-electron chi connectivity index (χ2n) is 4.28. The maximum atomic E-state index is 5.89. The van der Waals surface area contributed by atoms with Gasteiger partial charge in [0.15, 0.2) is 0 Å². The van der Waals surface area contributed by atoms with Crippen molar-refractivity contribution in [3.8, 4) is 11.5 Å². The molecule has 19 heavy (non-hydrogen) atoms. The van der Waals surface area contributed by atoms with E-state index < -0.39 is 0 Å². The SMILES string of the molecule is Cn1cncc1-c1noc(Cc2ccccc2N)n1. The first-order valence-electron chi connectivity index (χ1n) is 5.86. The first-order chi connectivity index (χ1) is 9.24. The molecule has 0 bridgehead atoms. The van der Waals surface area contributed by atoms with Crippen molar-refractivity contribution in [3.63, 3.8) is 0 Å². The van der Waals surface area contributed by atoms with Crippen molar-refractivity contribution in [1.29, 1.82) is 0 Å². The van der Waals surface area contributed by atoms with E-state index in [-0.39, 0.29) is 0 Å². The van der Waals surface area contributed by atoms with Gasteiger partial charge in [0.05, 0.1) is 18.9 Å². The fourth-order valence-electron chi connectivity index (χ4n) is 1.86. The standard InChI is InChI=1S/C13H13N5O/c1-18-8-15-7-11(18)13-16-12(19-17-13)6-9-4-2-3-5-10(9)14/h2-5,7-8H,6,14H2,1H3. The summed E-state index contributed by atoms with van der Waals surface area (Å²) >= 11 is 0. The summed E-state index contributed by atoms with van der Waals surface area (Å²) < 4.78 is 7.08. The first-order valence-corrected chi connectivity index (χ1v) is 5.86. The van der Waals surface area contributed by atoms with Gasteiger partial charge >= 0.3 is 0 Å². The van der Waals surface area contributed by atoms with Gasteiger partial charge in [-0.15, -0.1) is 0 Å². The molecular weight excluding hydrogens is 242 g/mol. The maximum absolute atomic E-state index is 5.89. The Hall–Kier alpha value is -2.63. The Morgan fingerprint density at radius 3 is 2.89 bits per heavy atom. The van der Waals surface area contributed by atoms with Gasteiger partial charge in [-0.1, -0.05) is 23.4 Å². The Morgan fingerprint density at radius 2 is 2.16 bits per heavy atom. The van der Waals surface area contributed by atoms with Crippen molar-refractivity contribution in [2.24, 2.45) is 7.05 Å². The minimum absolute atomic E-state index is 0.525. The summed E-state index contributed by atoms with van der Waals surface area (Å²) in [4.78, 5) is 8.38. The molecule has 0 fully saturated rings. The third-order valence-electron chi connectivity index (χ3n) is 2.91. The van der Waals surface area contributed by atoms with Crippen molar-refractivity contribution < 1.29 is 4.52 Å². The molecule has 0 saturated carbocycles. The van der Waals surface area contributed by atoms with Gasteiger partial charge in [0.2, 0.25) is 11.7 Å². The predicted molar refractivity (Wildman–Crippen MR) is 70.2 cm³/mol. The molecule has 0 amide bonds. The smallest absolute Gasteiger partial charge is 0.231 e. The molecule has 0 aliphatic rings. The summed E-state index contributed by atoms with van der Waals surface area (Å²) in [5, 5.41) is 3.96. The molecule has 6 nitrogen and oxygen atoms in total. The fourth-order valence-corrected chi connectivity index (χ4v) is 1.86. The highest BCUT2D eigenvalue weighted by atomic mass is 16.5. The van der Waals surface area contributed by atoms with Gasteiger partial charge in [-0.3, -0.25) is 0 Å². The van der Waals surface area contributed by atoms with Crippen LogP contribution in [0.4, 0.5) is 5.69 Å². The van der Waals surface area contributed by atoms with Crippen molar-refractivity contribution in [2.75, 3.05) is 5.73 Å². The zero-order valence-corrected chi connectivity index (χ0v) is 10.4. The van der Waals surface area contributed by atoms with Crippen LogP contribution in [0.15, 0.2) is 41.3 Å². The van der Waals surface area contributed by atoms with Crippen LogP contribution in [0.2, 0.25) is 0 Å². The summed E-state index contributed by atoms with van der Waals surface area (Å²) in [6.07, 6.45) is 3.92. The Labute approximate surface area is 109 Å². The van der Waals surface area contributed by atoms with Gasteiger partial charge in [-0.05, 0) is 11.6 Å². The van der Waals surface area contributed by atoms with E-state index in [9.17, 15) is 0 Å². The van der Waals surface area contributed by atoms with Crippen LogP contribution in [-0.4, -0.2) is 19.7 Å². The lowest BCUT2D eigenvalue weighted by Gasteiger charge is -2.00. The van der Waals surface area contributed by atoms with Crippen molar-refractivity contribution in [2.45, 2.75) is 6.42 Å². The monoisotopic (exact) mass is 255 g/mol. The molecule has 2 heterocycles. The summed E-state index contributed by atoms with van der Waals surface area (Å²) in [5.74, 6) is 1.07. The molecule has 0 aliphatic heterocycles. The highest BCUT2D eigenvalue weighted by Gasteiger charge is 2.12. The van der Waals surface area contributed by atoms with Crippen LogP contribution in [0.5, 0.6) is 0 Å². The number of aromatic nitrogens is 4. The van der Waals surface area contributed by atoms with E-state index in [1.807, 2.05) is 35.9 Å². The first kappa shape index (κ1) is 11.5. The molecule has 0 spiro atoms. The predicted octanol–water partition coefficient (Wildman–Crippen LogP) is 1.64. The van der Waals surface area contributed by atoms with Crippen LogP contribution in [0.3, 0.4) is 0 Å². The van der Waals surface area contributed by atoms with Gasteiger partial charge in [0.1, 0.15) is 5.69 Å². The van der Waals surface area contributed by atoms with Gasteiger partial charge in [-0.2, -0.15) is 4.98 Å². The van der Waals surface area contributed by atoms with Crippen LogP contribution < -0.4 is 5.73 Å². The van der Waals surface area contributed by atoms with Crippen LogP contribution in [-0.2, 0) is 13.5 Å². The van der Waals surface area contributed by atoms with E-state index in [0.717, 1.165) is 16.9 Å². The van der Waals surface area contributed by atoms with E-state index in [4.69, 9.17) is 10.3 Å². The number of imidazole rings is 1. The summed E-state index contributed by atoms with van der Waals surface area (Å²) in [7, 11) is 1.88. The van der Waals surface area contributed by atoms with E-state index in [1.165, 1.54) is 0 Å². The number of hydrogen-bond acceptors (Lipinski definition) is 5. The van der Waals surface area contributed by atoms with E-state index >= 15 is 0 Å². The molecule has 2 aromatic heterocycles. The number of anilines is 1. The van der Waals surface area contributed by atoms with Crippen LogP contribution >= 0.6 is 0 Å². The molecule has 6 heteroatoms. The van der Waals surface area contributed by atoms with Gasteiger partial charge in [0, 0.05) is 12.7 Å². The average molecular weight is 255 g/mol. The number of nitrogen functional groups attached to an aromatic ring is 1. The Balaban J connectivity index is 1.87. The van der Waals surface area contributed by atoms with Crippen LogP contribution in [0.25, 0.3) is 11.5 Å².